The van der Waals surface area contributed by atoms with Crippen LogP contribution in [-0.2, 0) is 4.74 Å². The number of fused-ring (bicyclic) bond motifs is 2. The van der Waals surface area contributed by atoms with Gasteiger partial charge in [-0.2, -0.15) is 0 Å². The number of carbonyl (C=O) groups is 1. The van der Waals surface area contributed by atoms with Gasteiger partial charge in [-0.15, -0.1) is 0 Å². The summed E-state index contributed by atoms with van der Waals surface area (Å²) in [5.74, 6) is 0. The first-order valence-electron chi connectivity index (χ1n) is 6.32. The predicted molar refractivity (Wildman–Crippen MR) is 66.6 cm³/mol. The number of rotatable bonds is 0. The molecule has 17 heavy (non-hydrogen) atoms. The van der Waals surface area contributed by atoms with Gasteiger partial charge in [-0.25, -0.2) is 4.79 Å². The van der Waals surface area contributed by atoms with Crippen LogP contribution in [0.2, 0.25) is 0 Å². The van der Waals surface area contributed by atoms with E-state index in [1.54, 1.807) is 0 Å². The number of amides is 1. The minimum atomic E-state index is -0.433. The van der Waals surface area contributed by atoms with Gasteiger partial charge in [0.15, 0.2) is 0 Å². The Morgan fingerprint density at radius 3 is 2.82 bits per heavy atom. The highest BCUT2D eigenvalue weighted by molar-refractivity contribution is 5.70. The van der Waals surface area contributed by atoms with E-state index in [1.165, 1.54) is 0 Å². The summed E-state index contributed by atoms with van der Waals surface area (Å²) >= 11 is 0. The second-order valence-electron chi connectivity index (χ2n) is 5.89. The lowest BCUT2D eigenvalue weighted by molar-refractivity contribution is -0.00658. The highest BCUT2D eigenvalue weighted by Gasteiger charge is 2.40. The van der Waals surface area contributed by atoms with E-state index in [2.05, 4.69) is 11.9 Å². The van der Waals surface area contributed by atoms with E-state index in [0.29, 0.717) is 0 Å². The smallest absolute Gasteiger partial charge is 0.411 e. The minimum Gasteiger partial charge on any atom is -0.444 e. The lowest BCUT2D eigenvalue weighted by Crippen LogP contribution is -2.60. The van der Waals surface area contributed by atoms with Crippen molar-refractivity contribution in [3.05, 3.63) is 12.3 Å². The van der Waals surface area contributed by atoms with Gasteiger partial charge in [-0.3, -0.25) is 4.90 Å². The maximum atomic E-state index is 12.2. The molecule has 0 spiro atoms. The van der Waals surface area contributed by atoms with E-state index in [4.69, 9.17) is 4.74 Å². The Hall–Kier alpha value is -1.19. The summed E-state index contributed by atoms with van der Waals surface area (Å²) in [6.45, 7) is 10.5. The van der Waals surface area contributed by atoms with Crippen LogP contribution in [0, 0.1) is 0 Å². The lowest BCUT2D eigenvalue weighted by atomic mass is 9.91. The second-order valence-corrected chi connectivity index (χ2v) is 5.89. The van der Waals surface area contributed by atoms with Gasteiger partial charge in [0, 0.05) is 12.2 Å². The molecule has 4 nitrogen and oxygen atoms in total. The number of carbonyl (C=O) groups excluding carboxylic acids is 1. The van der Waals surface area contributed by atoms with Crippen molar-refractivity contribution in [1.82, 2.24) is 10.2 Å². The largest absolute Gasteiger partial charge is 0.444 e. The molecular weight excluding hydrogens is 216 g/mol. The summed E-state index contributed by atoms with van der Waals surface area (Å²) < 4.78 is 5.48. The van der Waals surface area contributed by atoms with Gasteiger partial charge in [0.05, 0.1) is 12.1 Å². The van der Waals surface area contributed by atoms with Crippen LogP contribution in [0.25, 0.3) is 0 Å². The molecule has 0 aromatic carbocycles. The second kappa shape index (κ2) is 4.24. The topological polar surface area (TPSA) is 41.6 Å². The number of nitrogens with one attached hydrogen (secondary N) is 1. The average Bonchev–Trinajstić information content (AvgIpc) is 2.21. The summed E-state index contributed by atoms with van der Waals surface area (Å²) in [4.78, 5) is 14.1. The van der Waals surface area contributed by atoms with E-state index < -0.39 is 5.60 Å². The molecule has 2 bridgehead atoms. The molecule has 1 N–H and O–H groups in total. The number of piperidine rings is 1. The van der Waals surface area contributed by atoms with Crippen LogP contribution in [-0.4, -0.2) is 35.2 Å². The number of piperazine rings is 1. The van der Waals surface area contributed by atoms with Gasteiger partial charge < -0.3 is 10.1 Å². The molecular formula is C13H22N2O2. The third-order valence-electron chi connectivity index (χ3n) is 3.32. The Bertz CT molecular complexity index is 333. The molecule has 2 rings (SSSR count). The van der Waals surface area contributed by atoms with Gasteiger partial charge in [-0.05, 0) is 40.0 Å². The normalized spacial score (nSPS) is 28.6. The van der Waals surface area contributed by atoms with E-state index in [9.17, 15) is 4.79 Å². The Kier molecular flexibility index (Phi) is 3.06. The zero-order valence-electron chi connectivity index (χ0n) is 11.0. The Labute approximate surface area is 103 Å². The van der Waals surface area contributed by atoms with Gasteiger partial charge in [-0.1, -0.05) is 6.58 Å². The van der Waals surface area contributed by atoms with E-state index in [-0.39, 0.29) is 18.2 Å². The number of hydrogen-bond acceptors (Lipinski definition) is 3. The summed E-state index contributed by atoms with van der Waals surface area (Å²) in [6, 6.07) is 0.367. The summed E-state index contributed by atoms with van der Waals surface area (Å²) in [6.07, 6.45) is 3.00. The molecule has 2 aliphatic rings. The van der Waals surface area contributed by atoms with Gasteiger partial charge >= 0.3 is 6.09 Å². The molecule has 0 aliphatic carbocycles. The summed E-state index contributed by atoms with van der Waals surface area (Å²) in [5.41, 5.74) is 0.518. The minimum absolute atomic E-state index is 0.109. The van der Waals surface area contributed by atoms with Crippen LogP contribution in [0.5, 0.6) is 0 Å². The fraction of sp³-hybridized carbons (Fsp3) is 0.769. The van der Waals surface area contributed by atoms with Crippen LogP contribution in [0.4, 0.5) is 4.79 Å². The number of ether oxygens (including phenoxy) is 1. The molecule has 0 radical (unpaired) electrons. The van der Waals surface area contributed by atoms with Crippen molar-refractivity contribution in [3.8, 4) is 0 Å². The molecule has 2 fully saturated rings. The first-order chi connectivity index (χ1) is 7.88. The van der Waals surface area contributed by atoms with Crippen LogP contribution in [0.1, 0.15) is 40.0 Å². The zero-order valence-corrected chi connectivity index (χ0v) is 11.0. The highest BCUT2D eigenvalue weighted by atomic mass is 16.6. The molecule has 0 aromatic rings. The number of hydrogen-bond donors (Lipinski definition) is 1. The Morgan fingerprint density at radius 1 is 1.47 bits per heavy atom. The standard InChI is InChI=1S/C13H22N2O2/c1-9-11-7-5-6-10(8-14-9)15(11)12(16)17-13(2,3)4/h10-11,14H,1,5-8H2,2-4H3. The molecule has 0 aromatic heterocycles. The van der Waals surface area contributed by atoms with E-state index in [0.717, 1.165) is 31.5 Å². The molecule has 2 aliphatic heterocycles. The summed E-state index contributed by atoms with van der Waals surface area (Å²) in [5, 5.41) is 3.29. The van der Waals surface area contributed by atoms with Crippen molar-refractivity contribution in [2.45, 2.75) is 57.7 Å². The number of nitrogens with zero attached hydrogens (tertiary/aromatic N) is 1. The van der Waals surface area contributed by atoms with Crippen molar-refractivity contribution in [1.29, 1.82) is 0 Å². The third-order valence-corrected chi connectivity index (χ3v) is 3.32. The lowest BCUT2D eigenvalue weighted by Gasteiger charge is -2.47. The molecule has 0 saturated carbocycles. The SMILES string of the molecule is C=C1NCC2CCCC1N2C(=O)OC(C)(C)C. The summed E-state index contributed by atoms with van der Waals surface area (Å²) in [7, 11) is 0. The first-order valence-corrected chi connectivity index (χ1v) is 6.32. The van der Waals surface area contributed by atoms with Crippen molar-refractivity contribution in [3.63, 3.8) is 0 Å². The van der Waals surface area contributed by atoms with E-state index >= 15 is 0 Å². The first kappa shape index (κ1) is 12.3. The Balaban J connectivity index is 2.13. The van der Waals surface area contributed by atoms with Gasteiger partial charge in [0.1, 0.15) is 5.60 Å². The van der Waals surface area contributed by atoms with Crippen molar-refractivity contribution in [2.24, 2.45) is 0 Å². The van der Waals surface area contributed by atoms with Crippen molar-refractivity contribution < 1.29 is 9.53 Å². The molecule has 2 saturated heterocycles. The highest BCUT2D eigenvalue weighted by Crippen LogP contribution is 2.30. The monoisotopic (exact) mass is 238 g/mol. The van der Waals surface area contributed by atoms with Crippen LogP contribution >= 0.6 is 0 Å². The zero-order chi connectivity index (χ0) is 12.6. The van der Waals surface area contributed by atoms with Crippen LogP contribution < -0.4 is 5.32 Å². The van der Waals surface area contributed by atoms with Crippen LogP contribution in [0.3, 0.4) is 0 Å². The van der Waals surface area contributed by atoms with E-state index in [1.807, 2.05) is 25.7 Å². The molecule has 4 heteroatoms. The molecule has 96 valence electrons. The fourth-order valence-corrected chi connectivity index (χ4v) is 2.58. The quantitative estimate of drug-likeness (QED) is 0.704. The molecule has 2 atom stereocenters. The fourth-order valence-electron chi connectivity index (χ4n) is 2.58. The molecule has 2 heterocycles. The third kappa shape index (κ3) is 2.56. The van der Waals surface area contributed by atoms with Crippen molar-refractivity contribution >= 4 is 6.09 Å². The van der Waals surface area contributed by atoms with Crippen molar-refractivity contribution in [2.75, 3.05) is 6.54 Å². The predicted octanol–water partition coefficient (Wildman–Crippen LogP) is 2.26. The Morgan fingerprint density at radius 2 is 2.18 bits per heavy atom. The van der Waals surface area contributed by atoms with Gasteiger partial charge in [0.25, 0.3) is 0 Å². The van der Waals surface area contributed by atoms with Gasteiger partial charge in [0.2, 0.25) is 0 Å². The maximum Gasteiger partial charge on any atom is 0.411 e. The maximum absolute atomic E-state index is 12.2. The molecule has 2 unspecified atom stereocenters. The van der Waals surface area contributed by atoms with Crippen LogP contribution in [0.15, 0.2) is 12.3 Å². The molecule has 1 amide bonds. The average molecular weight is 238 g/mol.